The van der Waals surface area contributed by atoms with Gasteiger partial charge in [0.05, 0.1) is 3.23 Å². The fraction of sp³-hybridized carbons (Fsp3) is 0.364. The zero-order valence-electron chi connectivity index (χ0n) is 8.26. The summed E-state index contributed by atoms with van der Waals surface area (Å²) in [5.74, 6) is 0.494. The summed E-state index contributed by atoms with van der Waals surface area (Å²) in [6, 6.07) is 7.98. The first-order valence-electron chi connectivity index (χ1n) is 4.74. The lowest BCUT2D eigenvalue weighted by Crippen LogP contribution is -2.05. The lowest BCUT2D eigenvalue weighted by atomic mass is 10.1. The van der Waals surface area contributed by atoms with Gasteiger partial charge in [-0.05, 0) is 24.1 Å². The topological polar surface area (TPSA) is 29.1 Å². The first kappa shape index (κ1) is 11.1. The predicted molar refractivity (Wildman–Crippen MR) is 68.7 cm³/mol. The van der Waals surface area contributed by atoms with Gasteiger partial charge >= 0.3 is 0 Å². The van der Waals surface area contributed by atoms with E-state index < -0.39 is 0 Å². The van der Waals surface area contributed by atoms with Gasteiger partial charge in [-0.3, -0.25) is 4.79 Å². The molecule has 1 aliphatic rings. The average Bonchev–Trinajstić information content (AvgIpc) is 2.75. The minimum absolute atomic E-state index is 0.0375. The van der Waals surface area contributed by atoms with E-state index >= 15 is 0 Å². The highest BCUT2D eigenvalue weighted by atomic mass is 79.9. The number of hydrogen-bond donors (Lipinski definition) is 1. The number of halogens is 2. The third kappa shape index (κ3) is 2.61. The summed E-state index contributed by atoms with van der Waals surface area (Å²) in [7, 11) is 0. The largest absolute Gasteiger partial charge is 0.326 e. The van der Waals surface area contributed by atoms with Gasteiger partial charge in [-0.15, -0.1) is 0 Å². The van der Waals surface area contributed by atoms with Gasteiger partial charge in [0.25, 0.3) is 0 Å². The maximum Gasteiger partial charge on any atom is 0.221 e. The number of amides is 1. The monoisotopic (exact) mass is 331 g/mol. The molecule has 1 aliphatic carbocycles. The zero-order chi connectivity index (χ0) is 11.1. The van der Waals surface area contributed by atoms with Gasteiger partial charge in [0.1, 0.15) is 0 Å². The third-order valence-electron chi connectivity index (χ3n) is 2.46. The van der Waals surface area contributed by atoms with Crippen LogP contribution in [0.25, 0.3) is 0 Å². The number of nitrogens with one attached hydrogen (secondary N) is 1. The lowest BCUT2D eigenvalue weighted by molar-refractivity contribution is -0.114. The van der Waals surface area contributed by atoms with Gasteiger partial charge in [-0.25, -0.2) is 0 Å². The summed E-state index contributed by atoms with van der Waals surface area (Å²) < 4.78 is 0.0928. The molecule has 0 saturated heterocycles. The van der Waals surface area contributed by atoms with Crippen LogP contribution in [0.1, 0.15) is 24.8 Å². The second kappa shape index (κ2) is 3.91. The molecule has 1 fully saturated rings. The molecule has 0 spiro atoms. The first-order chi connectivity index (χ1) is 6.99. The highest BCUT2D eigenvalue weighted by Gasteiger charge is 2.50. The van der Waals surface area contributed by atoms with Gasteiger partial charge in [0, 0.05) is 18.5 Å². The molecule has 1 aromatic rings. The number of carbonyl (C=O) groups is 1. The number of anilines is 1. The van der Waals surface area contributed by atoms with Crippen molar-refractivity contribution in [3.05, 3.63) is 29.8 Å². The Morgan fingerprint density at radius 2 is 1.93 bits per heavy atom. The Labute approximate surface area is 106 Å². The van der Waals surface area contributed by atoms with Gasteiger partial charge in [-0.1, -0.05) is 44.0 Å². The van der Waals surface area contributed by atoms with Crippen molar-refractivity contribution in [1.29, 1.82) is 0 Å². The molecule has 0 bridgehead atoms. The van der Waals surface area contributed by atoms with Crippen molar-refractivity contribution < 1.29 is 4.79 Å². The zero-order valence-corrected chi connectivity index (χ0v) is 11.4. The standard InChI is InChI=1S/C11H11Br2NO/c1-7(15)14-9-4-2-8(3-5-9)10-6-11(10,12)13/h2-5,10H,6H2,1H3,(H,14,15). The van der Waals surface area contributed by atoms with Crippen LogP contribution in [0, 0.1) is 0 Å². The van der Waals surface area contributed by atoms with Crippen molar-refractivity contribution in [3.8, 4) is 0 Å². The summed E-state index contributed by atoms with van der Waals surface area (Å²) in [6.07, 6.45) is 1.10. The maximum absolute atomic E-state index is 10.8. The second-order valence-electron chi connectivity index (χ2n) is 3.82. The minimum atomic E-state index is -0.0375. The lowest BCUT2D eigenvalue weighted by Gasteiger charge is -2.04. The molecule has 4 heteroatoms. The van der Waals surface area contributed by atoms with E-state index in [-0.39, 0.29) is 9.14 Å². The van der Waals surface area contributed by atoms with E-state index in [1.165, 1.54) is 12.5 Å². The van der Waals surface area contributed by atoms with Crippen LogP contribution in [0.4, 0.5) is 5.69 Å². The van der Waals surface area contributed by atoms with Crippen LogP contribution in [0.5, 0.6) is 0 Å². The van der Waals surface area contributed by atoms with Gasteiger partial charge in [0.15, 0.2) is 0 Å². The van der Waals surface area contributed by atoms with Crippen LogP contribution in [-0.4, -0.2) is 9.14 Å². The summed E-state index contributed by atoms with van der Waals surface area (Å²) >= 11 is 7.19. The smallest absolute Gasteiger partial charge is 0.221 e. The highest BCUT2D eigenvalue weighted by Crippen LogP contribution is 2.62. The quantitative estimate of drug-likeness (QED) is 0.823. The van der Waals surface area contributed by atoms with Crippen LogP contribution in [0.2, 0.25) is 0 Å². The molecule has 0 heterocycles. The van der Waals surface area contributed by atoms with Crippen LogP contribution in [0.15, 0.2) is 24.3 Å². The van der Waals surface area contributed by atoms with E-state index in [9.17, 15) is 4.79 Å². The second-order valence-corrected chi connectivity index (χ2v) is 7.72. The normalized spacial score (nSPS) is 22.2. The van der Waals surface area contributed by atoms with E-state index in [0.717, 1.165) is 12.1 Å². The van der Waals surface area contributed by atoms with Crippen molar-refractivity contribution in [1.82, 2.24) is 0 Å². The fourth-order valence-electron chi connectivity index (χ4n) is 1.58. The molecule has 80 valence electrons. The van der Waals surface area contributed by atoms with Gasteiger partial charge in [0.2, 0.25) is 5.91 Å². The molecule has 0 radical (unpaired) electrons. The molecular weight excluding hydrogens is 322 g/mol. The van der Waals surface area contributed by atoms with E-state index in [1.54, 1.807) is 0 Å². The van der Waals surface area contributed by atoms with E-state index in [2.05, 4.69) is 49.3 Å². The first-order valence-corrected chi connectivity index (χ1v) is 6.33. The summed E-state index contributed by atoms with van der Waals surface area (Å²) in [5.41, 5.74) is 2.14. The molecule has 1 saturated carbocycles. The molecule has 0 aliphatic heterocycles. The molecule has 1 aromatic carbocycles. The van der Waals surface area contributed by atoms with Crippen LogP contribution in [0.3, 0.4) is 0 Å². The molecule has 0 aromatic heterocycles. The molecule has 1 amide bonds. The van der Waals surface area contributed by atoms with Crippen LogP contribution in [-0.2, 0) is 4.79 Å². The molecule has 1 unspecified atom stereocenters. The Morgan fingerprint density at radius 1 is 1.40 bits per heavy atom. The van der Waals surface area contributed by atoms with Crippen molar-refractivity contribution in [2.24, 2.45) is 0 Å². The van der Waals surface area contributed by atoms with Gasteiger partial charge < -0.3 is 5.32 Å². The predicted octanol–water partition coefficient (Wildman–Crippen LogP) is 3.62. The number of alkyl halides is 2. The fourth-order valence-corrected chi connectivity index (χ4v) is 2.75. The SMILES string of the molecule is CC(=O)Nc1ccc(C2CC2(Br)Br)cc1. The summed E-state index contributed by atoms with van der Waals surface area (Å²) in [6.45, 7) is 1.51. The minimum Gasteiger partial charge on any atom is -0.326 e. The van der Waals surface area contributed by atoms with E-state index in [0.29, 0.717) is 5.92 Å². The molecule has 2 rings (SSSR count). The maximum atomic E-state index is 10.8. The Morgan fingerprint density at radius 3 is 2.33 bits per heavy atom. The van der Waals surface area contributed by atoms with E-state index in [4.69, 9.17) is 0 Å². The molecular formula is C11H11Br2NO. The average molecular weight is 333 g/mol. The van der Waals surface area contributed by atoms with Crippen molar-refractivity contribution in [3.63, 3.8) is 0 Å². The Bertz CT molecular complexity index is 386. The van der Waals surface area contributed by atoms with Crippen LogP contribution < -0.4 is 5.32 Å². The molecule has 1 atom stereocenters. The number of hydrogen-bond acceptors (Lipinski definition) is 1. The van der Waals surface area contributed by atoms with E-state index in [1.807, 2.05) is 12.1 Å². The number of rotatable bonds is 2. The highest BCUT2D eigenvalue weighted by molar-refractivity contribution is 9.25. The van der Waals surface area contributed by atoms with Crippen molar-refractivity contribution in [2.75, 3.05) is 5.32 Å². The van der Waals surface area contributed by atoms with Crippen LogP contribution >= 0.6 is 31.9 Å². The van der Waals surface area contributed by atoms with Gasteiger partial charge in [-0.2, -0.15) is 0 Å². The molecule has 2 nitrogen and oxygen atoms in total. The molecule has 15 heavy (non-hydrogen) atoms. The molecule has 1 N–H and O–H groups in total. The Balaban J connectivity index is 2.08. The summed E-state index contributed by atoms with van der Waals surface area (Å²) in [4.78, 5) is 10.8. The Hall–Kier alpha value is -0.350. The van der Waals surface area contributed by atoms with Crippen molar-refractivity contribution >= 4 is 43.5 Å². The number of benzene rings is 1. The Kier molecular flexibility index (Phi) is 2.90. The third-order valence-corrected chi connectivity index (χ3v) is 4.21. The van der Waals surface area contributed by atoms with Crippen molar-refractivity contribution in [2.45, 2.75) is 22.5 Å². The summed E-state index contributed by atoms with van der Waals surface area (Å²) in [5, 5.41) is 2.75. The number of carbonyl (C=O) groups excluding carboxylic acids is 1.